The molecule has 0 bridgehead atoms. The van der Waals surface area contributed by atoms with Crippen LogP contribution in [-0.4, -0.2) is 81.2 Å². The van der Waals surface area contributed by atoms with Gasteiger partial charge in [0.25, 0.3) is 0 Å². The normalized spacial score (nSPS) is 18.4. The maximum atomic E-state index is 13.0. The fraction of sp³-hybridized carbons (Fsp3) is 0.917. The van der Waals surface area contributed by atoms with Crippen LogP contribution in [-0.2, 0) is 27.9 Å². The molecule has 1 fully saturated rings. The van der Waals surface area contributed by atoms with Crippen LogP contribution in [0.4, 0.5) is 0 Å². The number of likely N-dealkylation sites (N-methyl/N-ethyl adjacent to an activating group) is 1. The first-order chi connectivity index (χ1) is 22.1. The Labute approximate surface area is 282 Å². The van der Waals surface area contributed by atoms with Crippen LogP contribution in [0.25, 0.3) is 0 Å². The van der Waals surface area contributed by atoms with Crippen LogP contribution in [0, 0.1) is 0 Å². The molecule has 0 spiro atoms. The third-order valence-corrected chi connectivity index (χ3v) is 9.42. The SMILES string of the molecule is CCCCCCCCCCCCC/C=C/[C@@H](OC1CCCCO1)[C@H](COP(=O)(O)OCC[N+](C)(C)C)NC(=O)CCCCCCC. The average molecular weight is 676 g/mol. The summed E-state index contributed by atoms with van der Waals surface area (Å²) in [5.74, 6) is -0.110. The van der Waals surface area contributed by atoms with Crippen molar-refractivity contribution in [2.45, 2.75) is 167 Å². The number of phosphoric ester groups is 1. The topological polar surface area (TPSA) is 103 Å². The molecule has 0 aliphatic carbocycles. The zero-order valence-corrected chi connectivity index (χ0v) is 31.2. The van der Waals surface area contributed by atoms with Gasteiger partial charge in [0.1, 0.15) is 19.3 Å². The van der Waals surface area contributed by atoms with Gasteiger partial charge in [-0.05, 0) is 38.5 Å². The molecule has 46 heavy (non-hydrogen) atoms. The number of quaternary nitrogens is 1. The van der Waals surface area contributed by atoms with Gasteiger partial charge >= 0.3 is 7.82 Å². The van der Waals surface area contributed by atoms with E-state index in [4.69, 9.17) is 18.5 Å². The fourth-order valence-electron chi connectivity index (χ4n) is 5.45. The van der Waals surface area contributed by atoms with Crippen LogP contribution in [0.5, 0.6) is 0 Å². The van der Waals surface area contributed by atoms with Gasteiger partial charge in [-0.15, -0.1) is 0 Å². The van der Waals surface area contributed by atoms with E-state index in [0.717, 1.165) is 57.8 Å². The molecule has 0 radical (unpaired) electrons. The Bertz CT molecular complexity index is 815. The average Bonchev–Trinajstić information content (AvgIpc) is 3.00. The number of carbonyl (C=O) groups excluding carboxylic acids is 1. The number of phosphoric acid groups is 1. The van der Waals surface area contributed by atoms with Crippen molar-refractivity contribution in [2.75, 3.05) is 47.5 Å². The quantitative estimate of drug-likeness (QED) is 0.0339. The maximum Gasteiger partial charge on any atom is 0.472 e. The maximum absolute atomic E-state index is 13.0. The van der Waals surface area contributed by atoms with E-state index >= 15 is 0 Å². The Balaban J connectivity index is 2.78. The number of ether oxygens (including phenoxy) is 2. The van der Waals surface area contributed by atoms with E-state index in [1.807, 2.05) is 27.2 Å². The molecule has 2 N–H and O–H groups in total. The number of amides is 1. The number of allylic oxidation sites excluding steroid dienone is 1. The zero-order valence-electron chi connectivity index (χ0n) is 30.4. The summed E-state index contributed by atoms with van der Waals surface area (Å²) in [4.78, 5) is 23.5. The highest BCUT2D eigenvalue weighted by Gasteiger charge is 2.31. The summed E-state index contributed by atoms with van der Waals surface area (Å²) in [5, 5.41) is 3.06. The molecule has 10 heteroatoms. The van der Waals surface area contributed by atoms with Crippen molar-refractivity contribution in [3.05, 3.63) is 12.2 Å². The molecule has 1 amide bonds. The molecule has 0 aromatic carbocycles. The number of hydrogen-bond acceptors (Lipinski definition) is 6. The Morgan fingerprint density at radius 1 is 0.891 bits per heavy atom. The van der Waals surface area contributed by atoms with Crippen LogP contribution in [0.15, 0.2) is 12.2 Å². The van der Waals surface area contributed by atoms with Crippen LogP contribution in [0.3, 0.4) is 0 Å². The van der Waals surface area contributed by atoms with Gasteiger partial charge < -0.3 is 24.2 Å². The van der Waals surface area contributed by atoms with Gasteiger partial charge in [-0.1, -0.05) is 116 Å². The van der Waals surface area contributed by atoms with E-state index in [2.05, 4.69) is 25.2 Å². The van der Waals surface area contributed by atoms with Gasteiger partial charge in [0.2, 0.25) is 5.91 Å². The van der Waals surface area contributed by atoms with Gasteiger partial charge in [0.05, 0.1) is 33.8 Å². The van der Waals surface area contributed by atoms with E-state index in [0.29, 0.717) is 24.1 Å². The Morgan fingerprint density at radius 3 is 2.04 bits per heavy atom. The lowest BCUT2D eigenvalue weighted by Crippen LogP contribution is -2.48. The van der Waals surface area contributed by atoms with Gasteiger partial charge in [-0.25, -0.2) is 4.57 Å². The first-order valence-corrected chi connectivity index (χ1v) is 20.2. The molecule has 0 aromatic rings. The highest BCUT2D eigenvalue weighted by atomic mass is 31.2. The molecule has 2 unspecified atom stereocenters. The largest absolute Gasteiger partial charge is 0.472 e. The van der Waals surface area contributed by atoms with E-state index in [9.17, 15) is 14.3 Å². The number of nitrogens with one attached hydrogen (secondary N) is 1. The summed E-state index contributed by atoms with van der Waals surface area (Å²) >= 11 is 0. The summed E-state index contributed by atoms with van der Waals surface area (Å²) in [6.45, 7) is 5.50. The Hall–Kier alpha value is -0.800. The minimum atomic E-state index is -4.32. The molecule has 1 heterocycles. The molecule has 1 aliphatic rings. The molecular formula is C36H72N2O7P+. The molecule has 1 saturated heterocycles. The van der Waals surface area contributed by atoms with E-state index in [1.165, 1.54) is 70.6 Å². The van der Waals surface area contributed by atoms with Crippen LogP contribution in [0.2, 0.25) is 0 Å². The molecule has 0 saturated carbocycles. The number of carbonyl (C=O) groups is 1. The number of nitrogens with zero attached hydrogens (tertiary/aromatic N) is 1. The number of rotatable bonds is 30. The smallest absolute Gasteiger partial charge is 0.353 e. The summed E-state index contributed by atoms with van der Waals surface area (Å²) in [5.41, 5.74) is 0. The summed E-state index contributed by atoms with van der Waals surface area (Å²) in [6, 6.07) is -0.662. The van der Waals surface area contributed by atoms with Crippen molar-refractivity contribution in [2.24, 2.45) is 0 Å². The number of unbranched alkanes of at least 4 members (excludes halogenated alkanes) is 15. The molecule has 4 atom stereocenters. The molecule has 1 aliphatic heterocycles. The summed E-state index contributed by atoms with van der Waals surface area (Å²) in [6.07, 6.45) is 26.7. The third-order valence-electron chi connectivity index (χ3n) is 8.43. The molecule has 0 aromatic heterocycles. The van der Waals surface area contributed by atoms with Crippen molar-refractivity contribution in [1.82, 2.24) is 5.32 Å². The van der Waals surface area contributed by atoms with Crippen LogP contribution in [0.1, 0.15) is 149 Å². The second kappa shape index (κ2) is 27.1. The first kappa shape index (κ1) is 43.2. The fourth-order valence-corrected chi connectivity index (χ4v) is 6.19. The Morgan fingerprint density at radius 2 is 1.48 bits per heavy atom. The molecule has 9 nitrogen and oxygen atoms in total. The van der Waals surface area contributed by atoms with Gasteiger partial charge in [-0.3, -0.25) is 13.8 Å². The van der Waals surface area contributed by atoms with Crippen molar-refractivity contribution in [1.29, 1.82) is 0 Å². The van der Waals surface area contributed by atoms with Gasteiger partial charge in [0, 0.05) is 13.0 Å². The van der Waals surface area contributed by atoms with Crippen molar-refractivity contribution in [3.63, 3.8) is 0 Å². The molecule has 272 valence electrons. The predicted molar refractivity (Wildman–Crippen MR) is 189 cm³/mol. The minimum Gasteiger partial charge on any atom is -0.353 e. The van der Waals surface area contributed by atoms with Gasteiger partial charge in [-0.2, -0.15) is 0 Å². The highest BCUT2D eigenvalue weighted by molar-refractivity contribution is 7.47. The Kier molecular flexibility index (Phi) is 25.4. The second-order valence-corrected chi connectivity index (χ2v) is 15.6. The van der Waals surface area contributed by atoms with E-state index < -0.39 is 20.0 Å². The lowest BCUT2D eigenvalue weighted by atomic mass is 10.0. The van der Waals surface area contributed by atoms with Crippen LogP contribution < -0.4 is 5.32 Å². The first-order valence-electron chi connectivity index (χ1n) is 18.7. The highest BCUT2D eigenvalue weighted by Crippen LogP contribution is 2.43. The lowest BCUT2D eigenvalue weighted by Gasteiger charge is -2.31. The van der Waals surface area contributed by atoms with E-state index in [1.54, 1.807) is 0 Å². The third kappa shape index (κ3) is 25.2. The molecule has 1 rings (SSSR count). The van der Waals surface area contributed by atoms with E-state index in [-0.39, 0.29) is 25.4 Å². The second-order valence-electron chi connectivity index (χ2n) is 14.1. The lowest BCUT2D eigenvalue weighted by molar-refractivity contribution is -0.870. The van der Waals surface area contributed by atoms with Crippen molar-refractivity contribution >= 4 is 13.7 Å². The monoisotopic (exact) mass is 676 g/mol. The standard InChI is InChI=1S/C36H71N2O7P/c1-6-8-10-12-13-14-15-16-17-18-19-21-22-26-34(45-36-28-24-25-30-42-36)33(37-35(39)27-23-20-11-9-7-2)32-44-46(40,41)43-31-29-38(3,4)5/h22,26,33-34,36H,6-21,23-25,27-32H2,1-5H3,(H-,37,39,40,41)/p+1/b26-22+/t33-,34+,36?/m0/s1. The summed E-state index contributed by atoms with van der Waals surface area (Å²) < 4.78 is 36.3. The summed E-state index contributed by atoms with van der Waals surface area (Å²) in [7, 11) is 1.63. The van der Waals surface area contributed by atoms with Gasteiger partial charge in [0.15, 0.2) is 6.29 Å². The minimum absolute atomic E-state index is 0.0841. The molecular weight excluding hydrogens is 603 g/mol. The van der Waals surface area contributed by atoms with Crippen molar-refractivity contribution < 1.29 is 37.3 Å². The zero-order chi connectivity index (χ0) is 33.9. The number of hydrogen-bond donors (Lipinski definition) is 2. The van der Waals surface area contributed by atoms with Crippen LogP contribution >= 0.6 is 7.82 Å². The van der Waals surface area contributed by atoms with Crippen molar-refractivity contribution in [3.8, 4) is 0 Å². The predicted octanol–water partition coefficient (Wildman–Crippen LogP) is 8.84.